The van der Waals surface area contributed by atoms with Gasteiger partial charge >= 0.3 is 0 Å². The van der Waals surface area contributed by atoms with Crippen LogP contribution in [0.3, 0.4) is 0 Å². The van der Waals surface area contributed by atoms with Gasteiger partial charge in [0.2, 0.25) is 5.91 Å². The first kappa shape index (κ1) is 10.5. The van der Waals surface area contributed by atoms with E-state index in [-0.39, 0.29) is 5.91 Å². The van der Waals surface area contributed by atoms with Crippen molar-refractivity contribution < 1.29 is 9.53 Å². The third-order valence-corrected chi connectivity index (χ3v) is 2.22. The Kier molecular flexibility index (Phi) is 4.78. The molecule has 0 aliphatic heterocycles. The van der Waals surface area contributed by atoms with E-state index < -0.39 is 0 Å². The summed E-state index contributed by atoms with van der Waals surface area (Å²) in [5.74, 6) is 5.72. The first-order valence-electron chi connectivity index (χ1n) is 4.90. The molecule has 0 spiro atoms. The molecule has 13 heavy (non-hydrogen) atoms. The molecule has 0 aromatic rings. The summed E-state index contributed by atoms with van der Waals surface area (Å²) >= 11 is 0. The van der Waals surface area contributed by atoms with E-state index in [4.69, 9.17) is 10.6 Å². The summed E-state index contributed by atoms with van der Waals surface area (Å²) in [4.78, 5) is 10.7. The standard InChI is InChI=1S/C9H18N2O2/c10-11-9(12)2-1-6-13-7-5-8-3-4-8/h8H,1-7,10H2,(H,11,12). The Balaban J connectivity index is 1.75. The predicted molar refractivity (Wildman–Crippen MR) is 49.7 cm³/mol. The molecular formula is C9H18N2O2. The maximum Gasteiger partial charge on any atom is 0.233 e. The van der Waals surface area contributed by atoms with Crippen LogP contribution in [-0.4, -0.2) is 19.1 Å². The molecular weight excluding hydrogens is 168 g/mol. The van der Waals surface area contributed by atoms with Crippen LogP contribution in [0.1, 0.15) is 32.1 Å². The van der Waals surface area contributed by atoms with Gasteiger partial charge in [-0.25, -0.2) is 5.84 Å². The molecule has 1 amide bonds. The monoisotopic (exact) mass is 186 g/mol. The van der Waals surface area contributed by atoms with E-state index in [0.29, 0.717) is 13.0 Å². The zero-order valence-corrected chi connectivity index (χ0v) is 7.92. The molecule has 0 aromatic heterocycles. The fourth-order valence-electron chi connectivity index (χ4n) is 1.17. The Morgan fingerprint density at radius 3 is 2.85 bits per heavy atom. The van der Waals surface area contributed by atoms with E-state index in [0.717, 1.165) is 18.9 Å². The molecule has 0 saturated heterocycles. The van der Waals surface area contributed by atoms with E-state index in [2.05, 4.69) is 5.43 Å². The number of carbonyl (C=O) groups is 1. The number of ether oxygens (including phenoxy) is 1. The lowest BCUT2D eigenvalue weighted by Crippen LogP contribution is -2.29. The smallest absolute Gasteiger partial charge is 0.233 e. The Labute approximate surface area is 78.8 Å². The summed E-state index contributed by atoms with van der Waals surface area (Å²) < 4.78 is 5.36. The van der Waals surface area contributed by atoms with Gasteiger partial charge in [-0.15, -0.1) is 0 Å². The van der Waals surface area contributed by atoms with Gasteiger partial charge in [0.1, 0.15) is 0 Å². The number of hydrogen-bond acceptors (Lipinski definition) is 3. The second kappa shape index (κ2) is 5.94. The average Bonchev–Trinajstić information content (AvgIpc) is 2.94. The second-order valence-corrected chi connectivity index (χ2v) is 3.52. The van der Waals surface area contributed by atoms with E-state index in [1.807, 2.05) is 0 Å². The maximum absolute atomic E-state index is 10.7. The normalized spacial score (nSPS) is 15.8. The molecule has 1 fully saturated rings. The number of hydrazine groups is 1. The fraction of sp³-hybridized carbons (Fsp3) is 0.889. The van der Waals surface area contributed by atoms with Crippen LogP contribution < -0.4 is 11.3 Å². The minimum Gasteiger partial charge on any atom is -0.381 e. The Bertz CT molecular complexity index is 158. The molecule has 0 heterocycles. The summed E-state index contributed by atoms with van der Waals surface area (Å²) in [5.41, 5.74) is 2.09. The zero-order chi connectivity index (χ0) is 9.52. The number of rotatable bonds is 7. The van der Waals surface area contributed by atoms with Gasteiger partial charge in [-0.3, -0.25) is 10.2 Å². The van der Waals surface area contributed by atoms with Crippen molar-refractivity contribution in [2.75, 3.05) is 13.2 Å². The Hall–Kier alpha value is -0.610. The highest BCUT2D eigenvalue weighted by Gasteiger charge is 2.20. The molecule has 0 radical (unpaired) electrons. The molecule has 0 atom stereocenters. The molecule has 3 N–H and O–H groups in total. The highest BCUT2D eigenvalue weighted by molar-refractivity contribution is 5.75. The summed E-state index contributed by atoms with van der Waals surface area (Å²) in [6, 6.07) is 0. The third kappa shape index (κ3) is 5.60. The van der Waals surface area contributed by atoms with Crippen LogP contribution in [0.2, 0.25) is 0 Å². The molecule has 1 aliphatic carbocycles. The molecule has 76 valence electrons. The Morgan fingerprint density at radius 2 is 2.23 bits per heavy atom. The van der Waals surface area contributed by atoms with Gasteiger partial charge in [0, 0.05) is 19.6 Å². The first-order chi connectivity index (χ1) is 6.33. The lowest BCUT2D eigenvalue weighted by molar-refractivity contribution is -0.121. The molecule has 1 rings (SSSR count). The Morgan fingerprint density at radius 1 is 1.46 bits per heavy atom. The topological polar surface area (TPSA) is 64.3 Å². The molecule has 0 bridgehead atoms. The van der Waals surface area contributed by atoms with Gasteiger partial charge in [-0.1, -0.05) is 12.8 Å². The average molecular weight is 186 g/mol. The summed E-state index contributed by atoms with van der Waals surface area (Å²) in [6.07, 6.45) is 5.15. The van der Waals surface area contributed by atoms with E-state index in [9.17, 15) is 4.79 Å². The van der Waals surface area contributed by atoms with Crippen molar-refractivity contribution in [1.82, 2.24) is 5.43 Å². The van der Waals surface area contributed by atoms with Crippen LogP contribution >= 0.6 is 0 Å². The number of carbonyl (C=O) groups excluding carboxylic acids is 1. The van der Waals surface area contributed by atoms with Crippen molar-refractivity contribution in [2.45, 2.75) is 32.1 Å². The van der Waals surface area contributed by atoms with Gasteiger partial charge in [-0.2, -0.15) is 0 Å². The minimum atomic E-state index is -0.120. The van der Waals surface area contributed by atoms with Crippen molar-refractivity contribution in [3.8, 4) is 0 Å². The first-order valence-corrected chi connectivity index (χ1v) is 4.90. The van der Waals surface area contributed by atoms with E-state index in [1.54, 1.807) is 0 Å². The minimum absolute atomic E-state index is 0.120. The SMILES string of the molecule is NNC(=O)CCCOCCC1CC1. The molecule has 0 unspecified atom stereocenters. The number of amides is 1. The van der Waals surface area contributed by atoms with Crippen LogP contribution in [0.15, 0.2) is 0 Å². The van der Waals surface area contributed by atoms with Gasteiger partial charge in [0.15, 0.2) is 0 Å². The van der Waals surface area contributed by atoms with Crippen molar-refractivity contribution in [3.05, 3.63) is 0 Å². The van der Waals surface area contributed by atoms with E-state index in [1.165, 1.54) is 19.3 Å². The highest BCUT2D eigenvalue weighted by atomic mass is 16.5. The van der Waals surface area contributed by atoms with Crippen LogP contribution in [0, 0.1) is 5.92 Å². The number of nitrogens with two attached hydrogens (primary N) is 1. The summed E-state index contributed by atoms with van der Waals surface area (Å²) in [7, 11) is 0. The molecule has 0 aromatic carbocycles. The van der Waals surface area contributed by atoms with E-state index >= 15 is 0 Å². The fourth-order valence-corrected chi connectivity index (χ4v) is 1.17. The van der Waals surface area contributed by atoms with Gasteiger partial charge in [-0.05, 0) is 18.8 Å². The molecule has 4 heteroatoms. The van der Waals surface area contributed by atoms with Gasteiger partial charge in [0.25, 0.3) is 0 Å². The lowest BCUT2D eigenvalue weighted by Gasteiger charge is -2.02. The van der Waals surface area contributed by atoms with Crippen molar-refractivity contribution >= 4 is 5.91 Å². The van der Waals surface area contributed by atoms with Gasteiger partial charge in [0.05, 0.1) is 0 Å². The largest absolute Gasteiger partial charge is 0.381 e. The van der Waals surface area contributed by atoms with Crippen molar-refractivity contribution in [1.29, 1.82) is 0 Å². The maximum atomic E-state index is 10.7. The second-order valence-electron chi connectivity index (χ2n) is 3.52. The van der Waals surface area contributed by atoms with Crippen LogP contribution in [0.25, 0.3) is 0 Å². The van der Waals surface area contributed by atoms with Crippen LogP contribution in [0.4, 0.5) is 0 Å². The van der Waals surface area contributed by atoms with Crippen LogP contribution in [-0.2, 0) is 9.53 Å². The summed E-state index contributed by atoms with van der Waals surface area (Å²) in [5, 5.41) is 0. The molecule has 1 saturated carbocycles. The van der Waals surface area contributed by atoms with Gasteiger partial charge < -0.3 is 4.74 Å². The lowest BCUT2D eigenvalue weighted by atomic mass is 10.3. The molecule has 4 nitrogen and oxygen atoms in total. The van der Waals surface area contributed by atoms with Crippen LogP contribution in [0.5, 0.6) is 0 Å². The zero-order valence-electron chi connectivity index (χ0n) is 7.92. The number of nitrogens with one attached hydrogen (secondary N) is 1. The summed E-state index contributed by atoms with van der Waals surface area (Å²) in [6.45, 7) is 1.51. The predicted octanol–water partition coefficient (Wildman–Crippen LogP) is 0.573. The molecule has 1 aliphatic rings. The van der Waals surface area contributed by atoms with Crippen molar-refractivity contribution in [2.24, 2.45) is 11.8 Å². The quantitative estimate of drug-likeness (QED) is 0.264. The highest BCUT2D eigenvalue weighted by Crippen LogP contribution is 2.32. The number of hydrogen-bond donors (Lipinski definition) is 2. The third-order valence-electron chi connectivity index (χ3n) is 2.22. The van der Waals surface area contributed by atoms with Crippen molar-refractivity contribution in [3.63, 3.8) is 0 Å².